The van der Waals surface area contributed by atoms with Crippen molar-refractivity contribution < 1.29 is 21.9 Å². The Morgan fingerprint density at radius 3 is 2.59 bits per heavy atom. The lowest BCUT2D eigenvalue weighted by atomic mass is 9.87. The first-order valence-corrected chi connectivity index (χ1v) is 17.1. The van der Waals surface area contributed by atoms with Gasteiger partial charge >= 0.3 is 0 Å². The predicted octanol–water partition coefficient (Wildman–Crippen LogP) is 4.06. The van der Waals surface area contributed by atoms with E-state index in [9.17, 15) is 8.42 Å². The molecule has 0 radical (unpaired) electrons. The van der Waals surface area contributed by atoms with Crippen LogP contribution in [0.5, 0.6) is 0 Å². The third-order valence-electron chi connectivity index (χ3n) is 8.64. The summed E-state index contributed by atoms with van der Waals surface area (Å²) in [6, 6.07) is 7.71. The van der Waals surface area contributed by atoms with Crippen LogP contribution in [0.3, 0.4) is 0 Å². The number of pyridine rings is 1. The SMILES string of the molecule is CC(C)c1ccc(N2C[C@H](CS(C)(=O)=O)[C@H]2C)c2c(-c3ccnc(N4CC[C@H](OCCN(C)C)C(F)(F)C4)n3)nc(N)cc12. The molecule has 240 valence electrons. The quantitative estimate of drug-likeness (QED) is 0.351. The molecule has 3 aromatic rings. The van der Waals surface area contributed by atoms with Crippen LogP contribution < -0.4 is 15.5 Å². The lowest BCUT2D eigenvalue weighted by Gasteiger charge is -2.48. The minimum atomic E-state index is -3.12. The van der Waals surface area contributed by atoms with Gasteiger partial charge in [-0.1, -0.05) is 19.9 Å². The van der Waals surface area contributed by atoms with E-state index in [0.717, 1.165) is 22.0 Å². The van der Waals surface area contributed by atoms with E-state index in [1.165, 1.54) is 11.2 Å². The predicted molar refractivity (Wildman–Crippen MR) is 171 cm³/mol. The normalized spacial score (nSPS) is 22.2. The zero-order valence-electron chi connectivity index (χ0n) is 26.3. The maximum absolute atomic E-state index is 15.2. The molecule has 0 saturated carbocycles. The second kappa shape index (κ2) is 12.3. The summed E-state index contributed by atoms with van der Waals surface area (Å²) in [5, 5.41) is 1.78. The maximum Gasteiger partial charge on any atom is 0.290 e. The van der Waals surface area contributed by atoms with Gasteiger partial charge in [-0.2, -0.15) is 0 Å². The molecule has 2 N–H and O–H groups in total. The highest BCUT2D eigenvalue weighted by atomic mass is 32.2. The van der Waals surface area contributed by atoms with Gasteiger partial charge in [0.2, 0.25) is 5.95 Å². The number of alkyl halides is 2. The second-order valence-electron chi connectivity index (χ2n) is 12.8. The third-order valence-corrected chi connectivity index (χ3v) is 9.67. The summed E-state index contributed by atoms with van der Waals surface area (Å²) in [5.74, 6) is -2.22. The van der Waals surface area contributed by atoms with Gasteiger partial charge in [-0.25, -0.2) is 32.2 Å². The molecule has 44 heavy (non-hydrogen) atoms. The van der Waals surface area contributed by atoms with E-state index in [2.05, 4.69) is 35.9 Å². The Kier molecular flexibility index (Phi) is 9.03. The van der Waals surface area contributed by atoms with Crippen molar-refractivity contribution in [3.63, 3.8) is 0 Å². The van der Waals surface area contributed by atoms with Crippen LogP contribution in [0, 0.1) is 5.92 Å². The number of aromatic nitrogens is 3. The van der Waals surface area contributed by atoms with Gasteiger partial charge in [0.25, 0.3) is 5.92 Å². The molecule has 2 aromatic heterocycles. The molecule has 5 rings (SSSR count). The number of piperidine rings is 1. The van der Waals surface area contributed by atoms with Crippen LogP contribution in [0.2, 0.25) is 0 Å². The Morgan fingerprint density at radius 1 is 1.20 bits per heavy atom. The van der Waals surface area contributed by atoms with E-state index in [1.54, 1.807) is 12.3 Å². The Balaban J connectivity index is 1.51. The molecule has 0 unspecified atom stereocenters. The zero-order chi connectivity index (χ0) is 32.0. The number of likely N-dealkylation sites (N-methyl/N-ethyl adjacent to an activating group) is 1. The van der Waals surface area contributed by atoms with Crippen LogP contribution in [0.25, 0.3) is 22.2 Å². The number of halogens is 2. The Bertz CT molecular complexity index is 1620. The molecule has 0 amide bonds. The molecule has 0 aliphatic carbocycles. The summed E-state index contributed by atoms with van der Waals surface area (Å²) < 4.78 is 59.9. The molecule has 13 heteroatoms. The smallest absolute Gasteiger partial charge is 0.290 e. The molecule has 2 saturated heterocycles. The summed E-state index contributed by atoms with van der Waals surface area (Å²) in [6.07, 6.45) is 1.82. The molecule has 2 aliphatic heterocycles. The first kappa shape index (κ1) is 32.2. The Morgan fingerprint density at radius 2 is 1.95 bits per heavy atom. The number of fused-ring (bicyclic) bond motifs is 1. The van der Waals surface area contributed by atoms with Crippen LogP contribution in [0.15, 0.2) is 30.5 Å². The van der Waals surface area contributed by atoms with Crippen LogP contribution >= 0.6 is 0 Å². The highest BCUT2D eigenvalue weighted by Gasteiger charge is 2.46. The molecule has 2 aliphatic rings. The van der Waals surface area contributed by atoms with Crippen molar-refractivity contribution in [2.24, 2.45) is 5.92 Å². The van der Waals surface area contributed by atoms with Crippen molar-refractivity contribution in [3.8, 4) is 11.4 Å². The van der Waals surface area contributed by atoms with Gasteiger partial charge < -0.3 is 25.2 Å². The van der Waals surface area contributed by atoms with Crippen molar-refractivity contribution in [1.82, 2.24) is 19.9 Å². The Hall–Kier alpha value is -3.16. The molecule has 2 fully saturated rings. The number of nitrogen functional groups attached to an aromatic ring is 1. The van der Waals surface area contributed by atoms with Gasteiger partial charge in [-0.3, -0.25) is 0 Å². The van der Waals surface area contributed by atoms with Crippen molar-refractivity contribution in [2.75, 3.05) is 74.4 Å². The monoisotopic (exact) mass is 631 g/mol. The lowest BCUT2D eigenvalue weighted by Crippen LogP contribution is -2.57. The van der Waals surface area contributed by atoms with Gasteiger partial charge in [-0.15, -0.1) is 0 Å². The number of hydrogen-bond donors (Lipinski definition) is 1. The van der Waals surface area contributed by atoms with E-state index in [-0.39, 0.29) is 42.6 Å². The minimum Gasteiger partial charge on any atom is -0.384 e. The van der Waals surface area contributed by atoms with Gasteiger partial charge in [0.15, 0.2) is 0 Å². The maximum atomic E-state index is 15.2. The van der Waals surface area contributed by atoms with E-state index in [4.69, 9.17) is 20.4 Å². The van der Waals surface area contributed by atoms with Gasteiger partial charge in [0.05, 0.1) is 24.6 Å². The molecule has 0 bridgehead atoms. The summed E-state index contributed by atoms with van der Waals surface area (Å²) in [4.78, 5) is 19.4. The van der Waals surface area contributed by atoms with Crippen molar-refractivity contribution in [3.05, 3.63) is 36.0 Å². The van der Waals surface area contributed by atoms with E-state index >= 15 is 8.78 Å². The minimum absolute atomic E-state index is 0.00680. The molecule has 0 spiro atoms. The average Bonchev–Trinajstić information content (AvgIpc) is 2.93. The number of nitrogens with zero attached hydrogens (tertiary/aromatic N) is 6. The van der Waals surface area contributed by atoms with Crippen molar-refractivity contribution >= 4 is 38.1 Å². The first-order chi connectivity index (χ1) is 20.6. The summed E-state index contributed by atoms with van der Waals surface area (Å²) in [7, 11) is 0.633. The number of nitrogens with two attached hydrogens (primary N) is 1. The number of anilines is 3. The van der Waals surface area contributed by atoms with Crippen LogP contribution in [0.4, 0.5) is 26.2 Å². The number of benzene rings is 1. The summed E-state index contributed by atoms with van der Waals surface area (Å²) in [6.45, 7) is 7.41. The lowest BCUT2D eigenvalue weighted by molar-refractivity contribution is -0.144. The van der Waals surface area contributed by atoms with E-state index in [0.29, 0.717) is 36.8 Å². The van der Waals surface area contributed by atoms with Crippen molar-refractivity contribution in [1.29, 1.82) is 0 Å². The fraction of sp³-hybridized carbons (Fsp3) is 0.581. The molecule has 1 aromatic carbocycles. The average molecular weight is 632 g/mol. The highest BCUT2D eigenvalue weighted by molar-refractivity contribution is 7.90. The zero-order valence-corrected chi connectivity index (χ0v) is 27.1. The van der Waals surface area contributed by atoms with Crippen LogP contribution in [-0.4, -0.2) is 105 Å². The van der Waals surface area contributed by atoms with Crippen LogP contribution in [0.1, 0.15) is 38.7 Å². The molecular formula is C31H43F2N7O3S. The van der Waals surface area contributed by atoms with Crippen molar-refractivity contribution in [2.45, 2.75) is 51.2 Å². The van der Waals surface area contributed by atoms with E-state index < -0.39 is 28.4 Å². The standard InChI is InChI=1S/C31H43F2N7O3S/c1-19(2)22-7-8-25(40-16-21(20(40)3)17-44(6,41)42)28-23(22)15-27(34)37-29(28)24-9-11-35-30(36-24)39-12-10-26(31(32,33)18-39)43-14-13-38(4)5/h7-9,11,15,19-21,26H,10,12-14,16-18H2,1-6H3,(H2,34,37)/t20-,21-,26+/m1/s1. The van der Waals surface area contributed by atoms with Gasteiger partial charge in [-0.05, 0) is 62.5 Å². The van der Waals surface area contributed by atoms with E-state index in [1.807, 2.05) is 32.0 Å². The fourth-order valence-electron chi connectivity index (χ4n) is 6.21. The molecule has 10 nitrogen and oxygen atoms in total. The topological polar surface area (TPSA) is 118 Å². The number of sulfone groups is 1. The van der Waals surface area contributed by atoms with Crippen LogP contribution in [-0.2, 0) is 14.6 Å². The largest absolute Gasteiger partial charge is 0.384 e. The number of hydrogen-bond acceptors (Lipinski definition) is 10. The second-order valence-corrected chi connectivity index (χ2v) is 15.0. The fourth-order valence-corrected chi connectivity index (χ4v) is 7.38. The van der Waals surface area contributed by atoms with Gasteiger partial charge in [0.1, 0.15) is 27.5 Å². The Labute approximate surface area is 258 Å². The highest BCUT2D eigenvalue weighted by Crippen LogP contribution is 2.43. The molecular weight excluding hydrogens is 588 g/mol. The number of rotatable bonds is 10. The summed E-state index contributed by atoms with van der Waals surface area (Å²) in [5.41, 5.74) is 9.36. The molecule has 3 atom stereocenters. The van der Waals surface area contributed by atoms with Gasteiger partial charge in [0, 0.05) is 55.1 Å². The number of ether oxygens (including phenoxy) is 1. The first-order valence-electron chi connectivity index (χ1n) is 15.0. The summed E-state index contributed by atoms with van der Waals surface area (Å²) >= 11 is 0. The molecule has 4 heterocycles. The third kappa shape index (κ3) is 6.74.